The van der Waals surface area contributed by atoms with E-state index in [1.54, 1.807) is 0 Å². The van der Waals surface area contributed by atoms with Crippen molar-refractivity contribution >= 4 is 5.78 Å². The van der Waals surface area contributed by atoms with Crippen LogP contribution in [0.5, 0.6) is 0 Å². The fourth-order valence-corrected chi connectivity index (χ4v) is 8.75. The number of carbonyl (C=O) groups excluding carboxylic acids is 1. The summed E-state index contributed by atoms with van der Waals surface area (Å²) in [6.45, 7) is 5.84. The zero-order valence-corrected chi connectivity index (χ0v) is 19.2. The minimum atomic E-state index is -1.43. The molecule has 2 N–H and O–H groups in total. The van der Waals surface area contributed by atoms with E-state index in [2.05, 4.69) is 13.0 Å². The topological polar surface area (TPSA) is 94.5 Å². The summed E-state index contributed by atoms with van der Waals surface area (Å²) in [6.07, 6.45) is 7.31. The van der Waals surface area contributed by atoms with E-state index in [1.165, 1.54) is 5.57 Å². The number of fused-ring (bicyclic) bond motifs is 5. The van der Waals surface area contributed by atoms with E-state index in [9.17, 15) is 15.0 Å². The van der Waals surface area contributed by atoms with Gasteiger partial charge in [0, 0.05) is 24.2 Å². The van der Waals surface area contributed by atoms with E-state index in [-0.39, 0.29) is 29.0 Å². The fraction of sp³-hybridized carbons (Fsp3) is 0.880. The number of aliphatic hydroxyl groups is 2. The molecule has 0 bridgehead atoms. The van der Waals surface area contributed by atoms with Crippen molar-refractivity contribution in [2.24, 2.45) is 28.6 Å². The van der Waals surface area contributed by atoms with Crippen molar-refractivity contribution in [3.8, 4) is 0 Å². The Morgan fingerprint density at radius 2 is 1.69 bits per heavy atom. The molecular weight excluding hydrogens is 412 g/mol. The number of allylic oxidation sites excluding steroid dienone is 1. The summed E-state index contributed by atoms with van der Waals surface area (Å²) in [5.41, 5.74) is -0.928. The molecule has 5 fully saturated rings. The molecule has 6 aliphatic rings. The molecule has 0 aromatic heterocycles. The zero-order chi connectivity index (χ0) is 22.4. The lowest BCUT2D eigenvalue weighted by molar-refractivity contribution is -0.317. The van der Waals surface area contributed by atoms with Crippen LogP contribution in [0.1, 0.15) is 58.8 Å². The van der Waals surface area contributed by atoms with Crippen molar-refractivity contribution < 1.29 is 34.0 Å². The first-order valence-electron chi connectivity index (χ1n) is 12.4. The molecule has 178 valence electrons. The Morgan fingerprint density at radius 3 is 2.38 bits per heavy atom. The lowest BCUT2D eigenvalue weighted by atomic mass is 9.45. The normalized spacial score (nSPS) is 48.9. The molecule has 0 aromatic carbocycles. The van der Waals surface area contributed by atoms with Crippen molar-refractivity contribution in [3.63, 3.8) is 0 Å². The minimum Gasteiger partial charge on any atom is -0.391 e. The number of rotatable bonds is 2. The maximum atomic E-state index is 13.9. The van der Waals surface area contributed by atoms with Gasteiger partial charge in [-0.05, 0) is 55.4 Å². The Bertz CT molecular complexity index is 841. The molecule has 6 atom stereocenters. The molecule has 3 saturated carbocycles. The van der Waals surface area contributed by atoms with Gasteiger partial charge in [-0.15, -0.1) is 0 Å². The lowest BCUT2D eigenvalue weighted by Gasteiger charge is -2.60. The molecule has 7 nitrogen and oxygen atoms in total. The second kappa shape index (κ2) is 6.86. The molecule has 0 radical (unpaired) electrons. The smallest absolute Gasteiger partial charge is 0.222 e. The average Bonchev–Trinajstić information content (AvgIpc) is 3.49. The molecule has 2 saturated heterocycles. The second-order valence-corrected chi connectivity index (χ2v) is 11.4. The Kier molecular flexibility index (Phi) is 4.65. The van der Waals surface area contributed by atoms with Gasteiger partial charge in [0.1, 0.15) is 18.0 Å². The number of aliphatic hydroxyl groups excluding tert-OH is 1. The van der Waals surface area contributed by atoms with Crippen LogP contribution in [0.15, 0.2) is 11.6 Å². The van der Waals surface area contributed by atoms with Crippen LogP contribution >= 0.6 is 0 Å². The first kappa shape index (κ1) is 21.7. The Balaban J connectivity index is 1.36. The van der Waals surface area contributed by atoms with Crippen molar-refractivity contribution in [1.82, 2.24) is 0 Å². The van der Waals surface area contributed by atoms with Crippen LogP contribution in [-0.2, 0) is 23.7 Å². The van der Waals surface area contributed by atoms with Gasteiger partial charge in [0.2, 0.25) is 5.79 Å². The van der Waals surface area contributed by atoms with Crippen LogP contribution in [-0.4, -0.2) is 66.2 Å². The molecular formula is C25H36O7. The van der Waals surface area contributed by atoms with Gasteiger partial charge in [-0.25, -0.2) is 0 Å². The van der Waals surface area contributed by atoms with Crippen LogP contribution in [0.25, 0.3) is 0 Å². The quantitative estimate of drug-likeness (QED) is 0.626. The number of Topliss-reactive ketones (excluding diaryl/α,β-unsaturated/α-hetero) is 1. The summed E-state index contributed by atoms with van der Waals surface area (Å²) in [5, 5.41) is 22.2. The Morgan fingerprint density at radius 1 is 1.00 bits per heavy atom. The maximum Gasteiger partial charge on any atom is 0.222 e. The van der Waals surface area contributed by atoms with Gasteiger partial charge in [-0.1, -0.05) is 19.4 Å². The number of hydrogen-bond acceptors (Lipinski definition) is 7. The highest BCUT2D eigenvalue weighted by molar-refractivity contribution is 5.85. The summed E-state index contributed by atoms with van der Waals surface area (Å²) >= 11 is 0. The van der Waals surface area contributed by atoms with Crippen molar-refractivity contribution in [2.75, 3.05) is 33.0 Å². The van der Waals surface area contributed by atoms with Crippen LogP contribution in [0.4, 0.5) is 0 Å². The highest BCUT2D eigenvalue weighted by Gasteiger charge is 2.73. The van der Waals surface area contributed by atoms with Gasteiger partial charge in [0.15, 0.2) is 5.79 Å². The minimum absolute atomic E-state index is 0.0443. The largest absolute Gasteiger partial charge is 0.391 e. The molecule has 6 rings (SSSR count). The molecule has 1 spiro atoms. The number of ketones is 1. The zero-order valence-electron chi connectivity index (χ0n) is 19.2. The third-order valence-corrected chi connectivity index (χ3v) is 10.3. The SMILES string of the molecule is C[C@]12CCC3(C=C1CC[C@@H]1[C@@H]2C(=O)C[C@@]2(C)[C@H]1CC[C@]2(O)C1(CO)OCCO1)OCCO3. The lowest BCUT2D eigenvalue weighted by Crippen LogP contribution is -2.67. The van der Waals surface area contributed by atoms with E-state index in [0.29, 0.717) is 39.3 Å². The van der Waals surface area contributed by atoms with Crippen LogP contribution in [0.2, 0.25) is 0 Å². The van der Waals surface area contributed by atoms with Gasteiger partial charge < -0.3 is 29.2 Å². The van der Waals surface area contributed by atoms with Crippen molar-refractivity contribution in [2.45, 2.75) is 76.0 Å². The maximum absolute atomic E-state index is 13.9. The van der Waals surface area contributed by atoms with Gasteiger partial charge >= 0.3 is 0 Å². The predicted molar refractivity (Wildman–Crippen MR) is 113 cm³/mol. The van der Waals surface area contributed by atoms with Gasteiger partial charge in [0.05, 0.1) is 26.4 Å². The van der Waals surface area contributed by atoms with Crippen LogP contribution in [0.3, 0.4) is 0 Å². The monoisotopic (exact) mass is 448 g/mol. The van der Waals surface area contributed by atoms with E-state index < -0.39 is 29.2 Å². The summed E-state index contributed by atoms with van der Waals surface area (Å²) in [4.78, 5) is 13.9. The summed E-state index contributed by atoms with van der Waals surface area (Å²) in [7, 11) is 0. The first-order chi connectivity index (χ1) is 15.2. The highest BCUT2D eigenvalue weighted by Crippen LogP contribution is 2.69. The average molecular weight is 449 g/mol. The molecule has 4 aliphatic carbocycles. The van der Waals surface area contributed by atoms with Crippen LogP contribution < -0.4 is 0 Å². The van der Waals surface area contributed by atoms with E-state index in [0.717, 1.165) is 32.1 Å². The first-order valence-corrected chi connectivity index (χ1v) is 12.4. The van der Waals surface area contributed by atoms with E-state index >= 15 is 0 Å². The Labute approximate surface area is 189 Å². The summed E-state index contributed by atoms with van der Waals surface area (Å²) in [6, 6.07) is 0. The number of hydrogen-bond donors (Lipinski definition) is 2. The van der Waals surface area contributed by atoms with E-state index in [4.69, 9.17) is 18.9 Å². The summed E-state index contributed by atoms with van der Waals surface area (Å²) in [5.74, 6) is -1.42. The highest BCUT2D eigenvalue weighted by atomic mass is 16.8. The Hall–Kier alpha value is -0.830. The molecule has 2 heterocycles. The fourth-order valence-electron chi connectivity index (χ4n) is 8.75. The third-order valence-electron chi connectivity index (χ3n) is 10.3. The molecule has 0 aromatic rings. The van der Waals surface area contributed by atoms with Crippen molar-refractivity contribution in [3.05, 3.63) is 11.6 Å². The van der Waals surface area contributed by atoms with Gasteiger partial charge in [-0.3, -0.25) is 4.79 Å². The van der Waals surface area contributed by atoms with Gasteiger partial charge in [0.25, 0.3) is 0 Å². The molecule has 0 amide bonds. The second-order valence-electron chi connectivity index (χ2n) is 11.4. The summed E-state index contributed by atoms with van der Waals surface area (Å²) < 4.78 is 23.6. The van der Waals surface area contributed by atoms with Crippen LogP contribution in [0, 0.1) is 28.6 Å². The number of ether oxygens (including phenoxy) is 4. The molecule has 7 heteroatoms. The van der Waals surface area contributed by atoms with Crippen molar-refractivity contribution in [1.29, 1.82) is 0 Å². The number of carbonyl (C=O) groups is 1. The third kappa shape index (κ3) is 2.50. The molecule has 32 heavy (non-hydrogen) atoms. The molecule has 2 aliphatic heterocycles. The van der Waals surface area contributed by atoms with Gasteiger partial charge in [-0.2, -0.15) is 0 Å². The standard InChI is InChI=1S/C25H36O7/c1-21-7-8-23(29-9-10-30-23)13-16(21)3-4-17-18-5-6-24(28,25(15-26)31-11-12-32-25)22(18,2)14-19(27)20(17)21/h13,17-18,20,26,28H,3-12,14-15H2,1-2H3/t17-,18-,20+,21-,22-,24+/m0/s1. The molecule has 0 unspecified atom stereocenters. The predicted octanol–water partition coefficient (Wildman–Crippen LogP) is 2.34. The van der Waals surface area contributed by atoms with E-state index in [1.807, 2.05) is 6.92 Å².